The first-order chi connectivity index (χ1) is 14.6. The molecule has 1 atom stereocenters. The highest BCUT2D eigenvalue weighted by atomic mass is 19.1. The summed E-state index contributed by atoms with van der Waals surface area (Å²) in [4.78, 5) is 18.2. The Morgan fingerprint density at radius 3 is 2.77 bits per heavy atom. The summed E-state index contributed by atoms with van der Waals surface area (Å²) in [6, 6.07) is 13.5. The molecule has 0 spiro atoms. The van der Waals surface area contributed by atoms with Crippen molar-refractivity contribution in [2.24, 2.45) is 4.99 Å². The van der Waals surface area contributed by atoms with Crippen molar-refractivity contribution in [2.75, 3.05) is 38.2 Å². The lowest BCUT2D eigenvalue weighted by Crippen LogP contribution is -2.43. The second-order valence-corrected chi connectivity index (χ2v) is 6.92. The molecule has 0 bridgehead atoms. The highest BCUT2D eigenvalue weighted by Gasteiger charge is 2.24. The van der Waals surface area contributed by atoms with Gasteiger partial charge in [-0.3, -0.25) is 9.79 Å². The van der Waals surface area contributed by atoms with Crippen LogP contribution in [0.1, 0.15) is 13.3 Å². The van der Waals surface area contributed by atoms with E-state index in [-0.39, 0.29) is 24.4 Å². The minimum absolute atomic E-state index is 0.0389. The topological polar surface area (TPSA) is 75.2 Å². The molecule has 2 aromatic rings. The first kappa shape index (κ1) is 21.4. The van der Waals surface area contributed by atoms with Crippen LogP contribution in [0.2, 0.25) is 0 Å². The van der Waals surface area contributed by atoms with Gasteiger partial charge in [0, 0.05) is 20.1 Å². The Hall–Kier alpha value is -3.29. The Morgan fingerprint density at radius 2 is 2.00 bits per heavy atom. The quantitative estimate of drug-likeness (QED) is 0.395. The summed E-state index contributed by atoms with van der Waals surface area (Å²) in [5.74, 6) is 1.67. The van der Waals surface area contributed by atoms with Crippen molar-refractivity contribution in [3.63, 3.8) is 0 Å². The molecule has 1 aliphatic rings. The van der Waals surface area contributed by atoms with E-state index in [0.717, 1.165) is 17.9 Å². The van der Waals surface area contributed by atoms with E-state index in [1.54, 1.807) is 24.1 Å². The van der Waals surface area contributed by atoms with Crippen LogP contribution in [0.15, 0.2) is 53.5 Å². The summed E-state index contributed by atoms with van der Waals surface area (Å²) in [6.07, 6.45) is 0.624. The summed E-state index contributed by atoms with van der Waals surface area (Å²) in [5.41, 5.74) is 0.808. The third kappa shape index (κ3) is 5.85. The Kier molecular flexibility index (Phi) is 7.48. The fraction of sp³-hybridized carbons (Fsp3) is 0.364. The SMILES string of the molecule is CN=C(NCCCN1C(=O)COc2ccccc21)NCC(C)Oc1ccc(F)cc1. The Labute approximate surface area is 175 Å². The molecule has 30 heavy (non-hydrogen) atoms. The standard InChI is InChI=1S/C22H27FN4O3/c1-16(30-18-10-8-17(23)9-11-18)14-26-22(24-2)25-12-5-13-27-19-6-3-4-7-20(19)29-15-21(27)28/h3-4,6-11,16H,5,12-15H2,1-2H3,(H2,24,25,26). The third-order valence-corrected chi connectivity index (χ3v) is 4.59. The molecule has 0 aliphatic carbocycles. The fourth-order valence-electron chi connectivity index (χ4n) is 3.09. The van der Waals surface area contributed by atoms with E-state index in [1.165, 1.54) is 12.1 Å². The van der Waals surface area contributed by atoms with Crippen molar-refractivity contribution in [3.05, 3.63) is 54.3 Å². The number of aliphatic imine (C=N–C) groups is 1. The van der Waals surface area contributed by atoms with Crippen LogP contribution < -0.4 is 25.0 Å². The number of para-hydroxylation sites is 2. The molecule has 0 radical (unpaired) electrons. The highest BCUT2D eigenvalue weighted by Crippen LogP contribution is 2.31. The van der Waals surface area contributed by atoms with E-state index < -0.39 is 0 Å². The highest BCUT2D eigenvalue weighted by molar-refractivity contribution is 5.97. The molecule has 7 nitrogen and oxygen atoms in total. The van der Waals surface area contributed by atoms with Gasteiger partial charge in [-0.25, -0.2) is 4.39 Å². The van der Waals surface area contributed by atoms with Crippen LogP contribution >= 0.6 is 0 Å². The van der Waals surface area contributed by atoms with Gasteiger partial charge < -0.3 is 25.0 Å². The van der Waals surface area contributed by atoms with Crippen LogP contribution in [-0.2, 0) is 4.79 Å². The molecule has 0 saturated carbocycles. The monoisotopic (exact) mass is 414 g/mol. The van der Waals surface area contributed by atoms with Gasteiger partial charge in [0.2, 0.25) is 0 Å². The molecule has 1 unspecified atom stereocenters. The average Bonchev–Trinajstić information content (AvgIpc) is 2.76. The van der Waals surface area contributed by atoms with Crippen molar-refractivity contribution in [1.82, 2.24) is 10.6 Å². The third-order valence-electron chi connectivity index (χ3n) is 4.59. The number of rotatable bonds is 8. The normalized spacial score (nSPS) is 14.6. The minimum atomic E-state index is -0.292. The van der Waals surface area contributed by atoms with Crippen molar-refractivity contribution in [3.8, 4) is 11.5 Å². The lowest BCUT2D eigenvalue weighted by atomic mass is 10.2. The maximum atomic E-state index is 13.0. The van der Waals surface area contributed by atoms with Gasteiger partial charge in [0.25, 0.3) is 5.91 Å². The summed E-state index contributed by atoms with van der Waals surface area (Å²) >= 11 is 0. The number of carbonyl (C=O) groups excluding carboxylic acids is 1. The van der Waals surface area contributed by atoms with Gasteiger partial charge in [0.15, 0.2) is 12.6 Å². The van der Waals surface area contributed by atoms with Crippen molar-refractivity contribution >= 4 is 17.6 Å². The number of carbonyl (C=O) groups is 1. The number of guanidine groups is 1. The van der Waals surface area contributed by atoms with E-state index in [1.807, 2.05) is 31.2 Å². The number of hydrogen-bond acceptors (Lipinski definition) is 4. The van der Waals surface area contributed by atoms with Crippen molar-refractivity contribution < 1.29 is 18.7 Å². The molecular weight excluding hydrogens is 387 g/mol. The Bertz CT molecular complexity index is 873. The maximum Gasteiger partial charge on any atom is 0.265 e. The number of ether oxygens (including phenoxy) is 2. The zero-order chi connectivity index (χ0) is 21.3. The lowest BCUT2D eigenvalue weighted by molar-refractivity contribution is -0.121. The second-order valence-electron chi connectivity index (χ2n) is 6.92. The van der Waals surface area contributed by atoms with Crippen molar-refractivity contribution in [1.29, 1.82) is 0 Å². The average molecular weight is 414 g/mol. The molecule has 8 heteroatoms. The number of amides is 1. The fourth-order valence-corrected chi connectivity index (χ4v) is 3.09. The number of fused-ring (bicyclic) bond motifs is 1. The first-order valence-corrected chi connectivity index (χ1v) is 9.95. The molecule has 2 N–H and O–H groups in total. The van der Waals surface area contributed by atoms with Crippen molar-refractivity contribution in [2.45, 2.75) is 19.4 Å². The summed E-state index contributed by atoms with van der Waals surface area (Å²) < 4.78 is 24.2. The van der Waals surface area contributed by atoms with Crippen LogP contribution in [-0.4, -0.2) is 51.3 Å². The zero-order valence-electron chi connectivity index (χ0n) is 17.2. The van der Waals surface area contributed by atoms with Gasteiger partial charge in [0.05, 0.1) is 12.2 Å². The largest absolute Gasteiger partial charge is 0.489 e. The smallest absolute Gasteiger partial charge is 0.265 e. The lowest BCUT2D eigenvalue weighted by Gasteiger charge is -2.29. The van der Waals surface area contributed by atoms with Crippen LogP contribution in [0.25, 0.3) is 0 Å². The zero-order valence-corrected chi connectivity index (χ0v) is 17.2. The predicted molar refractivity (Wildman–Crippen MR) is 115 cm³/mol. The number of benzene rings is 2. The van der Waals surface area contributed by atoms with Crippen LogP contribution in [0.4, 0.5) is 10.1 Å². The van der Waals surface area contributed by atoms with Gasteiger partial charge >= 0.3 is 0 Å². The van der Waals surface area contributed by atoms with Crippen LogP contribution in [0, 0.1) is 5.82 Å². The Balaban J connectivity index is 1.39. The van der Waals surface area contributed by atoms with Crippen LogP contribution in [0.3, 0.4) is 0 Å². The van der Waals surface area contributed by atoms with E-state index >= 15 is 0 Å². The summed E-state index contributed by atoms with van der Waals surface area (Å²) in [6.45, 7) is 3.77. The van der Waals surface area contributed by atoms with E-state index in [0.29, 0.717) is 31.3 Å². The molecule has 0 saturated heterocycles. The molecule has 1 aliphatic heterocycles. The van der Waals surface area contributed by atoms with Gasteiger partial charge in [-0.05, 0) is 49.7 Å². The molecule has 0 fully saturated rings. The van der Waals surface area contributed by atoms with E-state index in [4.69, 9.17) is 9.47 Å². The summed E-state index contributed by atoms with van der Waals surface area (Å²) in [5, 5.41) is 6.44. The molecule has 3 rings (SSSR count). The van der Waals surface area contributed by atoms with E-state index in [9.17, 15) is 9.18 Å². The molecule has 1 heterocycles. The number of halogens is 1. The van der Waals surface area contributed by atoms with Gasteiger partial charge in [-0.15, -0.1) is 0 Å². The molecule has 2 aromatic carbocycles. The number of nitrogens with zero attached hydrogens (tertiary/aromatic N) is 2. The van der Waals surface area contributed by atoms with Gasteiger partial charge in [0.1, 0.15) is 23.4 Å². The van der Waals surface area contributed by atoms with E-state index in [2.05, 4.69) is 15.6 Å². The minimum Gasteiger partial charge on any atom is -0.489 e. The van der Waals surface area contributed by atoms with Gasteiger partial charge in [-0.2, -0.15) is 0 Å². The Morgan fingerprint density at radius 1 is 1.23 bits per heavy atom. The number of hydrogen-bond donors (Lipinski definition) is 2. The summed E-state index contributed by atoms with van der Waals surface area (Å²) in [7, 11) is 1.70. The number of nitrogens with one attached hydrogen (secondary N) is 2. The maximum absolute atomic E-state index is 13.0. The predicted octanol–water partition coefficient (Wildman–Crippen LogP) is 2.57. The van der Waals surface area contributed by atoms with Crippen LogP contribution in [0.5, 0.6) is 11.5 Å². The number of anilines is 1. The molecule has 1 amide bonds. The molecule has 0 aromatic heterocycles. The molecule has 160 valence electrons. The van der Waals surface area contributed by atoms with Gasteiger partial charge in [-0.1, -0.05) is 12.1 Å². The first-order valence-electron chi connectivity index (χ1n) is 9.95. The second kappa shape index (κ2) is 10.5. The molecular formula is C22H27FN4O3.